The molecule has 0 bridgehead atoms. The summed E-state index contributed by atoms with van der Waals surface area (Å²) in [6.45, 7) is 18.7. The van der Waals surface area contributed by atoms with E-state index in [1.807, 2.05) is 0 Å². The summed E-state index contributed by atoms with van der Waals surface area (Å²) in [7, 11) is -2.43. The van der Waals surface area contributed by atoms with E-state index in [2.05, 4.69) is 163 Å². The maximum Gasteiger partial charge on any atom is 4.00 e. The van der Waals surface area contributed by atoms with E-state index in [-0.39, 0.29) is 26.2 Å². The van der Waals surface area contributed by atoms with Crippen LogP contribution >= 0.6 is 0 Å². The Hall–Kier alpha value is -3.06. The van der Waals surface area contributed by atoms with Crippen LogP contribution < -0.4 is 15.6 Å². The summed E-state index contributed by atoms with van der Waals surface area (Å²) in [5.74, 6) is 0. The molecule has 0 radical (unpaired) electrons. The quantitative estimate of drug-likeness (QED) is 0.125. The van der Waals surface area contributed by atoms with Gasteiger partial charge in [0.25, 0.3) is 0 Å². The van der Waals surface area contributed by atoms with Gasteiger partial charge in [0.2, 0.25) is 0 Å². The van der Waals surface area contributed by atoms with Gasteiger partial charge in [-0.2, -0.15) is 23.2 Å². The van der Waals surface area contributed by atoms with E-state index in [1.54, 1.807) is 10.4 Å². The van der Waals surface area contributed by atoms with Gasteiger partial charge < -0.3 is 13.8 Å². The first-order valence-corrected chi connectivity index (χ1v) is 18.7. The number of benzene rings is 5. The summed E-state index contributed by atoms with van der Waals surface area (Å²) in [6, 6.07) is 43.2. The van der Waals surface area contributed by atoms with Crippen LogP contribution in [0.25, 0.3) is 43.1 Å². The van der Waals surface area contributed by atoms with Crippen molar-refractivity contribution >= 4 is 66.7 Å². The number of fused-ring (bicyclic) bond motifs is 6. The Morgan fingerprint density at radius 2 is 0.933 bits per heavy atom. The number of hydrogen-bond acceptors (Lipinski definition) is 0. The van der Waals surface area contributed by atoms with Gasteiger partial charge >= 0.3 is 26.2 Å². The number of aryl methyl sites for hydroxylation is 2. The fourth-order valence-corrected chi connectivity index (χ4v) is 11.8. The van der Waals surface area contributed by atoms with Crippen molar-refractivity contribution in [2.24, 2.45) is 0 Å². The molecule has 45 heavy (non-hydrogen) atoms. The topological polar surface area (TPSA) is 0 Å². The van der Waals surface area contributed by atoms with Crippen LogP contribution in [-0.2, 0) is 26.2 Å². The maximum absolute atomic E-state index is 3.60. The third-order valence-corrected chi connectivity index (χ3v) is 13.8. The molecule has 0 unspecified atom stereocenters. The Morgan fingerprint density at radius 1 is 0.556 bits per heavy atom. The molecule has 0 N–H and O–H groups in total. The van der Waals surface area contributed by atoms with Gasteiger partial charge in [-0.05, 0) is 10.8 Å². The second-order valence-electron chi connectivity index (χ2n) is 12.1. The minimum absolute atomic E-state index is 0. The van der Waals surface area contributed by atoms with E-state index < -0.39 is 8.07 Å². The largest absolute Gasteiger partial charge is 4.00 e. The summed E-state index contributed by atoms with van der Waals surface area (Å²) in [4.78, 5) is 0. The van der Waals surface area contributed by atoms with Gasteiger partial charge in [-0.1, -0.05) is 154 Å². The van der Waals surface area contributed by atoms with Crippen LogP contribution in [0, 0.1) is 27.7 Å². The van der Waals surface area contributed by atoms with E-state index >= 15 is 0 Å². The molecule has 2 heteroatoms. The van der Waals surface area contributed by atoms with Crippen LogP contribution in [0.2, 0.25) is 6.55 Å². The zero-order valence-corrected chi connectivity index (χ0v) is 31.2. The van der Waals surface area contributed by atoms with Crippen LogP contribution in [0.3, 0.4) is 0 Å². The molecule has 0 saturated heterocycles. The van der Waals surface area contributed by atoms with Crippen LogP contribution in [0.1, 0.15) is 50.7 Å². The van der Waals surface area contributed by atoms with E-state index in [4.69, 9.17) is 0 Å². The molecule has 7 rings (SSSR count). The van der Waals surface area contributed by atoms with Crippen molar-refractivity contribution in [2.75, 3.05) is 0 Å². The van der Waals surface area contributed by atoms with E-state index in [0.29, 0.717) is 0 Å². The fourth-order valence-electron chi connectivity index (χ4n) is 6.85. The molecular weight excluding hydrogens is 636 g/mol. The Kier molecular flexibility index (Phi) is 12.0. The molecule has 0 nitrogen and oxygen atoms in total. The van der Waals surface area contributed by atoms with Gasteiger partial charge in [-0.25, -0.2) is 0 Å². The SMILES string of the molecule is Cc1[cH-]c2ccc3ccccc3c2c1[Si](C)(c1ccccc1)c1c(C)[cH-]c2ccc3ccccc3c12.[CH2-]CCC.[CH2-]CCC.[Zr+4]. The first-order valence-electron chi connectivity index (χ1n) is 16.2. The van der Waals surface area contributed by atoms with Crippen molar-refractivity contribution in [1.29, 1.82) is 0 Å². The van der Waals surface area contributed by atoms with E-state index in [1.165, 1.54) is 72.2 Å². The van der Waals surface area contributed by atoms with Crippen LogP contribution in [0.4, 0.5) is 0 Å². The third kappa shape index (κ3) is 6.61. The van der Waals surface area contributed by atoms with Crippen molar-refractivity contribution in [2.45, 2.75) is 59.9 Å². The minimum Gasteiger partial charge on any atom is -0.343 e. The average molecular weight is 682 g/mol. The molecule has 0 aliphatic carbocycles. The molecule has 7 aromatic carbocycles. The molecule has 0 spiro atoms. The first-order chi connectivity index (χ1) is 21.4. The molecule has 0 saturated carbocycles. The predicted octanol–water partition coefficient (Wildman–Crippen LogP) is 10.7. The molecule has 7 aromatic rings. The van der Waals surface area contributed by atoms with Crippen molar-refractivity contribution < 1.29 is 26.2 Å². The Balaban J connectivity index is 0.000000462. The summed E-state index contributed by atoms with van der Waals surface area (Å²) in [5.41, 5.74) is 2.82. The van der Waals surface area contributed by atoms with Crippen molar-refractivity contribution in [3.63, 3.8) is 0 Å². The van der Waals surface area contributed by atoms with Crippen LogP contribution in [0.15, 0.2) is 115 Å². The summed E-state index contributed by atoms with van der Waals surface area (Å²) >= 11 is 0. The molecule has 0 atom stereocenters. The van der Waals surface area contributed by atoms with Crippen LogP contribution in [0.5, 0.6) is 0 Å². The van der Waals surface area contributed by atoms with E-state index in [9.17, 15) is 0 Å². The molecule has 0 heterocycles. The van der Waals surface area contributed by atoms with Crippen LogP contribution in [-0.4, -0.2) is 8.07 Å². The number of unbranched alkanes of at least 4 members (excludes halogenated alkanes) is 2. The predicted molar refractivity (Wildman–Crippen MR) is 201 cm³/mol. The molecular formula is C43H46SiZr. The summed E-state index contributed by atoms with van der Waals surface area (Å²) < 4.78 is 0. The molecule has 0 amide bonds. The summed E-state index contributed by atoms with van der Waals surface area (Å²) in [6.07, 6.45) is 4.56. The first kappa shape index (κ1) is 34.8. The van der Waals surface area contributed by atoms with E-state index in [0.717, 1.165) is 12.8 Å². The normalized spacial score (nSPS) is 11.2. The Morgan fingerprint density at radius 3 is 1.33 bits per heavy atom. The van der Waals surface area contributed by atoms with Gasteiger partial charge in [-0.15, -0.1) is 56.9 Å². The zero-order valence-electron chi connectivity index (χ0n) is 27.7. The summed E-state index contributed by atoms with van der Waals surface area (Å²) in [5, 5.41) is 15.5. The van der Waals surface area contributed by atoms with Crippen molar-refractivity contribution in [1.82, 2.24) is 0 Å². The van der Waals surface area contributed by atoms with Gasteiger partial charge in [0.05, 0.1) is 0 Å². The van der Waals surface area contributed by atoms with Crippen molar-refractivity contribution in [3.8, 4) is 0 Å². The Bertz CT molecular complexity index is 1860. The maximum atomic E-state index is 3.60. The number of rotatable bonds is 5. The van der Waals surface area contributed by atoms with Gasteiger partial charge in [-0.3, -0.25) is 0 Å². The standard InChI is InChI=1S/C35H28Si.2C4H9.Zr/c1-23-21-27-19-17-25-11-7-9-15-30(25)32(27)34(23)36(3,29-13-5-4-6-14-29)35-24(2)22-28-20-18-26-12-8-10-16-31(26)33(28)35;2*1-3-4-2;/h4-22H,1-3H3;2*1,3-4H2,2H3;/q-2;2*-1;+4. The molecule has 0 aliphatic rings. The zero-order chi connectivity index (χ0) is 31.3. The Labute approximate surface area is 291 Å². The monoisotopic (exact) mass is 680 g/mol. The van der Waals surface area contributed by atoms with Crippen molar-refractivity contribution in [3.05, 3.63) is 140 Å². The molecule has 226 valence electrons. The minimum atomic E-state index is -2.43. The second-order valence-corrected chi connectivity index (χ2v) is 15.9. The second kappa shape index (κ2) is 15.5. The smallest absolute Gasteiger partial charge is 0.343 e. The van der Waals surface area contributed by atoms with Gasteiger partial charge in [0.15, 0.2) is 0 Å². The van der Waals surface area contributed by atoms with Gasteiger partial charge in [0.1, 0.15) is 0 Å². The molecule has 0 fully saturated rings. The molecule has 0 aromatic heterocycles. The van der Waals surface area contributed by atoms with Gasteiger partial charge in [0, 0.05) is 8.07 Å². The fraction of sp³-hybridized carbons (Fsp3) is 0.209. The average Bonchev–Trinajstić information content (AvgIpc) is 3.61. The number of hydrogen-bond donors (Lipinski definition) is 0. The third-order valence-electron chi connectivity index (χ3n) is 9.01. The molecule has 0 aliphatic heterocycles.